The Hall–Kier alpha value is -0.320. The summed E-state index contributed by atoms with van der Waals surface area (Å²) in [7, 11) is 1.76. The van der Waals surface area contributed by atoms with E-state index in [0.717, 1.165) is 64.9 Å². The van der Waals surface area contributed by atoms with Crippen LogP contribution in [0.1, 0.15) is 32.1 Å². The van der Waals surface area contributed by atoms with Crippen molar-refractivity contribution in [2.45, 2.75) is 32.1 Å². The summed E-state index contributed by atoms with van der Waals surface area (Å²) in [6.45, 7) is 4.85. The third kappa shape index (κ3) is 5.28. The lowest BCUT2D eigenvalue weighted by Crippen LogP contribution is -2.41. The number of nitrogens with zero attached hydrogens (tertiary/aromatic N) is 1. The molecular weight excluding hydrogens is 264 g/mol. The highest BCUT2D eigenvalue weighted by Crippen LogP contribution is 2.21. The van der Waals surface area contributed by atoms with E-state index in [9.17, 15) is 4.79 Å². The second-order valence-corrected chi connectivity index (χ2v) is 5.68. The lowest BCUT2D eigenvalue weighted by molar-refractivity contribution is -0.134. The van der Waals surface area contributed by atoms with E-state index in [4.69, 9.17) is 4.74 Å². The molecule has 0 saturated carbocycles. The van der Waals surface area contributed by atoms with Gasteiger partial charge in [0.15, 0.2) is 0 Å². The maximum atomic E-state index is 12.2. The molecule has 2 aliphatic rings. The van der Waals surface area contributed by atoms with Crippen LogP contribution in [0.15, 0.2) is 0 Å². The second-order valence-electron chi connectivity index (χ2n) is 5.68. The Morgan fingerprint density at radius 3 is 2.37 bits per heavy atom. The van der Waals surface area contributed by atoms with E-state index in [1.807, 2.05) is 0 Å². The fourth-order valence-electron chi connectivity index (χ4n) is 3.05. The van der Waals surface area contributed by atoms with Crippen molar-refractivity contribution in [1.29, 1.82) is 0 Å². The molecule has 2 saturated heterocycles. The van der Waals surface area contributed by atoms with Gasteiger partial charge in [0.05, 0.1) is 0 Å². The van der Waals surface area contributed by atoms with Crippen LogP contribution in [-0.2, 0) is 9.53 Å². The zero-order chi connectivity index (χ0) is 12.8. The van der Waals surface area contributed by atoms with Crippen LogP contribution in [0.5, 0.6) is 0 Å². The van der Waals surface area contributed by atoms with Crippen molar-refractivity contribution in [2.24, 2.45) is 11.8 Å². The first-order chi connectivity index (χ1) is 8.79. The fourth-order valence-corrected chi connectivity index (χ4v) is 3.05. The third-order valence-corrected chi connectivity index (χ3v) is 4.29. The van der Waals surface area contributed by atoms with Crippen molar-refractivity contribution in [3.8, 4) is 0 Å². The van der Waals surface area contributed by atoms with Gasteiger partial charge in [0.1, 0.15) is 0 Å². The topological polar surface area (TPSA) is 41.6 Å². The van der Waals surface area contributed by atoms with Gasteiger partial charge in [0, 0.05) is 33.2 Å². The van der Waals surface area contributed by atoms with E-state index < -0.39 is 0 Å². The van der Waals surface area contributed by atoms with Crippen molar-refractivity contribution in [3.05, 3.63) is 0 Å². The maximum absolute atomic E-state index is 12.2. The van der Waals surface area contributed by atoms with Crippen LogP contribution in [0.2, 0.25) is 0 Å². The monoisotopic (exact) mass is 290 g/mol. The van der Waals surface area contributed by atoms with Gasteiger partial charge < -0.3 is 15.0 Å². The van der Waals surface area contributed by atoms with E-state index in [1.165, 1.54) is 0 Å². The van der Waals surface area contributed by atoms with Gasteiger partial charge >= 0.3 is 0 Å². The highest BCUT2D eigenvalue weighted by atomic mass is 35.5. The number of likely N-dealkylation sites (tertiary alicyclic amines) is 1. The van der Waals surface area contributed by atoms with Gasteiger partial charge in [-0.15, -0.1) is 12.4 Å². The van der Waals surface area contributed by atoms with Gasteiger partial charge in [-0.05, 0) is 50.6 Å². The van der Waals surface area contributed by atoms with Crippen molar-refractivity contribution in [3.63, 3.8) is 0 Å². The minimum Gasteiger partial charge on any atom is -0.384 e. The highest BCUT2D eigenvalue weighted by Gasteiger charge is 2.25. The Morgan fingerprint density at radius 1 is 1.16 bits per heavy atom. The number of methoxy groups -OCH3 is 1. The first kappa shape index (κ1) is 16.7. The number of nitrogens with one attached hydrogen (secondary N) is 1. The minimum absolute atomic E-state index is 0. The summed E-state index contributed by atoms with van der Waals surface area (Å²) in [4.78, 5) is 14.3. The summed E-state index contributed by atoms with van der Waals surface area (Å²) in [6.07, 6.45) is 5.28. The molecule has 19 heavy (non-hydrogen) atoms. The average Bonchev–Trinajstić information content (AvgIpc) is 2.41. The third-order valence-electron chi connectivity index (χ3n) is 4.29. The molecule has 2 heterocycles. The first-order valence-corrected chi connectivity index (χ1v) is 7.27. The number of halogens is 1. The van der Waals surface area contributed by atoms with Crippen LogP contribution in [0, 0.1) is 11.8 Å². The smallest absolute Gasteiger partial charge is 0.222 e. The van der Waals surface area contributed by atoms with Gasteiger partial charge in [-0.2, -0.15) is 0 Å². The minimum atomic E-state index is 0. The Labute approximate surface area is 122 Å². The van der Waals surface area contributed by atoms with Crippen molar-refractivity contribution in [1.82, 2.24) is 10.2 Å². The Kier molecular flexibility index (Phi) is 7.73. The molecule has 2 rings (SSSR count). The molecule has 0 aromatic heterocycles. The first-order valence-electron chi connectivity index (χ1n) is 7.27. The number of hydrogen-bond acceptors (Lipinski definition) is 3. The molecule has 0 radical (unpaired) electrons. The predicted molar refractivity (Wildman–Crippen MR) is 78.6 cm³/mol. The molecule has 112 valence electrons. The zero-order valence-electron chi connectivity index (χ0n) is 11.9. The number of rotatable bonds is 4. The van der Waals surface area contributed by atoms with Gasteiger partial charge in [0.25, 0.3) is 0 Å². The van der Waals surface area contributed by atoms with Crippen LogP contribution in [0.25, 0.3) is 0 Å². The maximum Gasteiger partial charge on any atom is 0.222 e. The van der Waals surface area contributed by atoms with Crippen molar-refractivity contribution in [2.75, 3.05) is 39.9 Å². The molecule has 0 unspecified atom stereocenters. The molecule has 1 N–H and O–H groups in total. The number of piperidine rings is 2. The lowest BCUT2D eigenvalue weighted by atomic mass is 9.92. The summed E-state index contributed by atoms with van der Waals surface area (Å²) in [5, 5.41) is 3.35. The summed E-state index contributed by atoms with van der Waals surface area (Å²) in [5.74, 6) is 1.63. The van der Waals surface area contributed by atoms with E-state index in [1.54, 1.807) is 7.11 Å². The normalized spacial score (nSPS) is 22.1. The number of carbonyl (C=O) groups is 1. The highest BCUT2D eigenvalue weighted by molar-refractivity contribution is 5.85. The summed E-state index contributed by atoms with van der Waals surface area (Å²) < 4.78 is 5.19. The molecule has 0 aromatic carbocycles. The van der Waals surface area contributed by atoms with Crippen LogP contribution in [0.3, 0.4) is 0 Å². The molecule has 0 spiro atoms. The second kappa shape index (κ2) is 8.77. The summed E-state index contributed by atoms with van der Waals surface area (Å²) in [5.41, 5.74) is 0. The Balaban J connectivity index is 0.00000180. The van der Waals surface area contributed by atoms with Crippen LogP contribution in [-0.4, -0.2) is 50.7 Å². The van der Waals surface area contributed by atoms with Gasteiger partial charge in [-0.1, -0.05) is 0 Å². The number of carbonyl (C=O) groups excluding carboxylic acids is 1. The summed E-state index contributed by atoms with van der Waals surface area (Å²) >= 11 is 0. The van der Waals surface area contributed by atoms with Gasteiger partial charge in [0.2, 0.25) is 5.91 Å². The molecule has 0 aromatic rings. The van der Waals surface area contributed by atoms with Crippen molar-refractivity contribution >= 4 is 18.3 Å². The lowest BCUT2D eigenvalue weighted by Gasteiger charge is -2.33. The van der Waals surface area contributed by atoms with Crippen LogP contribution in [0.4, 0.5) is 0 Å². The number of ether oxygens (including phenoxy) is 1. The Morgan fingerprint density at radius 2 is 1.79 bits per heavy atom. The Bertz CT molecular complexity index is 262. The number of hydrogen-bond donors (Lipinski definition) is 1. The molecule has 0 aliphatic carbocycles. The molecule has 0 atom stereocenters. The molecule has 2 aliphatic heterocycles. The molecular formula is C14H27ClN2O2. The zero-order valence-corrected chi connectivity index (χ0v) is 12.7. The average molecular weight is 291 g/mol. The number of amides is 1. The van der Waals surface area contributed by atoms with Gasteiger partial charge in [-0.25, -0.2) is 0 Å². The largest absolute Gasteiger partial charge is 0.384 e. The van der Waals surface area contributed by atoms with E-state index in [2.05, 4.69) is 10.2 Å². The molecule has 0 bridgehead atoms. The quantitative estimate of drug-likeness (QED) is 0.857. The molecule has 4 nitrogen and oxygen atoms in total. The van der Waals surface area contributed by atoms with Crippen LogP contribution >= 0.6 is 12.4 Å². The molecule has 1 amide bonds. The van der Waals surface area contributed by atoms with E-state index in [0.29, 0.717) is 17.7 Å². The standard InChI is InChI=1S/C14H26N2O2.ClH/c1-18-11-13-4-8-16(9-5-13)14(17)10-12-2-6-15-7-3-12;/h12-13,15H,2-11H2,1H3;1H. The van der Waals surface area contributed by atoms with E-state index in [-0.39, 0.29) is 12.4 Å². The molecule has 2 fully saturated rings. The van der Waals surface area contributed by atoms with E-state index >= 15 is 0 Å². The summed E-state index contributed by atoms with van der Waals surface area (Å²) in [6, 6.07) is 0. The van der Waals surface area contributed by atoms with Crippen LogP contribution < -0.4 is 5.32 Å². The predicted octanol–water partition coefficient (Wildman–Crippen LogP) is 1.68. The molecule has 5 heteroatoms. The van der Waals surface area contributed by atoms with Crippen molar-refractivity contribution < 1.29 is 9.53 Å². The fraction of sp³-hybridized carbons (Fsp3) is 0.929. The van der Waals surface area contributed by atoms with Gasteiger partial charge in [-0.3, -0.25) is 4.79 Å². The SMILES string of the molecule is COCC1CCN(C(=O)CC2CCNCC2)CC1.Cl.